The van der Waals surface area contributed by atoms with Crippen LogP contribution in [0.2, 0.25) is 0 Å². The summed E-state index contributed by atoms with van der Waals surface area (Å²) < 4.78 is 2.08. The molecule has 1 fully saturated rings. The number of hydrogen-bond acceptors (Lipinski definition) is 2. The lowest BCUT2D eigenvalue weighted by molar-refractivity contribution is -0.120. The molecule has 4 heteroatoms. The second-order valence-corrected chi connectivity index (χ2v) is 5.59. The number of carbonyl (C=O) groups is 1. The monoisotopic (exact) mass is 268 g/mol. The van der Waals surface area contributed by atoms with E-state index in [2.05, 4.69) is 16.0 Å². The molecule has 0 saturated heterocycles. The maximum absolute atomic E-state index is 11.5. The maximum atomic E-state index is 11.5. The molecular weight excluding hydrogens is 248 g/mol. The molecule has 0 bridgehead atoms. The fourth-order valence-corrected chi connectivity index (χ4v) is 2.96. The van der Waals surface area contributed by atoms with Gasteiger partial charge in [-0.25, -0.2) is 0 Å². The lowest BCUT2D eigenvalue weighted by Crippen LogP contribution is -2.15. The molecule has 1 atom stereocenters. The van der Waals surface area contributed by atoms with E-state index in [0.29, 0.717) is 11.9 Å². The fraction of sp³-hybridized carbons (Fsp3) is 0.714. The number of hydrogen-bond donors (Lipinski definition) is 0. The van der Waals surface area contributed by atoms with Crippen molar-refractivity contribution in [3.8, 4) is 0 Å². The predicted octanol–water partition coefficient (Wildman–Crippen LogP) is 3.37. The molecule has 1 heterocycles. The van der Waals surface area contributed by atoms with Crippen molar-refractivity contribution in [2.75, 3.05) is 5.88 Å². The van der Waals surface area contributed by atoms with Gasteiger partial charge in [-0.3, -0.25) is 9.48 Å². The third-order valence-electron chi connectivity index (χ3n) is 3.85. The quantitative estimate of drug-likeness (QED) is 0.742. The number of rotatable bonds is 6. The summed E-state index contributed by atoms with van der Waals surface area (Å²) in [6.45, 7) is 1.64. The fourth-order valence-electron chi connectivity index (χ4n) is 2.69. The molecule has 1 saturated carbocycles. The first-order valence-electron chi connectivity index (χ1n) is 6.81. The highest BCUT2D eigenvalue weighted by Crippen LogP contribution is 2.29. The Balaban J connectivity index is 1.98. The summed E-state index contributed by atoms with van der Waals surface area (Å²) in [5.74, 6) is 0.772. The third kappa shape index (κ3) is 3.35. The van der Waals surface area contributed by atoms with E-state index in [1.165, 1.54) is 25.7 Å². The molecule has 2 rings (SSSR count). The number of aromatic nitrogens is 2. The summed E-state index contributed by atoms with van der Waals surface area (Å²) >= 11 is 5.74. The van der Waals surface area contributed by atoms with E-state index in [9.17, 15) is 4.79 Å². The maximum Gasteiger partial charge on any atom is 0.133 e. The van der Waals surface area contributed by atoms with Gasteiger partial charge in [-0.1, -0.05) is 12.8 Å². The second-order valence-electron chi connectivity index (χ2n) is 5.21. The lowest BCUT2D eigenvalue weighted by atomic mass is 9.96. The Morgan fingerprint density at radius 3 is 2.89 bits per heavy atom. The van der Waals surface area contributed by atoms with Gasteiger partial charge >= 0.3 is 0 Å². The van der Waals surface area contributed by atoms with E-state index in [4.69, 9.17) is 11.6 Å². The Morgan fingerprint density at radius 1 is 1.56 bits per heavy atom. The summed E-state index contributed by atoms with van der Waals surface area (Å²) in [6, 6.07) is 2.62. The zero-order chi connectivity index (χ0) is 13.0. The standard InChI is InChI=1S/C14H21ClN2O/c1-11(18)12(6-8-15)10-13-7-9-17(16-13)14-4-2-3-5-14/h7,9,12,14H,2-6,8,10H2,1H3. The van der Waals surface area contributed by atoms with Crippen LogP contribution in [0.1, 0.15) is 50.8 Å². The van der Waals surface area contributed by atoms with E-state index in [1.807, 2.05) is 6.07 Å². The van der Waals surface area contributed by atoms with Crippen molar-refractivity contribution in [3.05, 3.63) is 18.0 Å². The Labute approximate surface area is 114 Å². The van der Waals surface area contributed by atoms with Gasteiger partial charge in [0, 0.05) is 24.4 Å². The molecule has 0 aromatic carbocycles. The first kappa shape index (κ1) is 13.6. The van der Waals surface area contributed by atoms with Crippen molar-refractivity contribution < 1.29 is 4.79 Å². The molecule has 100 valence electrons. The van der Waals surface area contributed by atoms with Crippen molar-refractivity contribution in [2.24, 2.45) is 5.92 Å². The molecule has 0 aliphatic heterocycles. The van der Waals surface area contributed by atoms with Gasteiger partial charge < -0.3 is 0 Å². The third-order valence-corrected chi connectivity index (χ3v) is 4.07. The van der Waals surface area contributed by atoms with Crippen LogP contribution in [0.15, 0.2) is 12.3 Å². The van der Waals surface area contributed by atoms with Crippen LogP contribution in [0, 0.1) is 5.92 Å². The topological polar surface area (TPSA) is 34.9 Å². The van der Waals surface area contributed by atoms with Crippen LogP contribution in [0.3, 0.4) is 0 Å². The van der Waals surface area contributed by atoms with E-state index in [1.54, 1.807) is 6.92 Å². The smallest absolute Gasteiger partial charge is 0.133 e. The number of Topliss-reactive ketones (excluding diaryl/α,β-unsaturated/α-hetero) is 1. The molecule has 18 heavy (non-hydrogen) atoms. The molecule has 0 radical (unpaired) electrons. The minimum absolute atomic E-state index is 0.0226. The van der Waals surface area contributed by atoms with Crippen LogP contribution in [-0.2, 0) is 11.2 Å². The average Bonchev–Trinajstić information content (AvgIpc) is 2.98. The summed E-state index contributed by atoms with van der Waals surface area (Å²) in [4.78, 5) is 11.5. The molecule has 1 aromatic rings. The van der Waals surface area contributed by atoms with E-state index in [-0.39, 0.29) is 11.7 Å². The van der Waals surface area contributed by atoms with Gasteiger partial charge in [0.05, 0.1) is 11.7 Å². The van der Waals surface area contributed by atoms with Gasteiger partial charge in [-0.05, 0) is 32.3 Å². The van der Waals surface area contributed by atoms with Crippen LogP contribution in [0.4, 0.5) is 0 Å². The number of nitrogens with zero attached hydrogens (tertiary/aromatic N) is 2. The molecule has 0 spiro atoms. The average molecular weight is 269 g/mol. The normalized spacial score (nSPS) is 18.1. The number of halogens is 1. The van der Waals surface area contributed by atoms with Crippen molar-refractivity contribution in [1.29, 1.82) is 0 Å². The Bertz CT molecular complexity index is 396. The molecule has 1 aromatic heterocycles. The van der Waals surface area contributed by atoms with Gasteiger partial charge in [-0.15, -0.1) is 11.6 Å². The zero-order valence-corrected chi connectivity index (χ0v) is 11.7. The first-order chi connectivity index (χ1) is 8.70. The van der Waals surface area contributed by atoms with E-state index >= 15 is 0 Å². The van der Waals surface area contributed by atoms with E-state index < -0.39 is 0 Å². The van der Waals surface area contributed by atoms with Crippen LogP contribution in [0.5, 0.6) is 0 Å². The SMILES string of the molecule is CC(=O)C(CCCl)Cc1ccn(C2CCCC2)n1. The van der Waals surface area contributed by atoms with Crippen LogP contribution in [0.25, 0.3) is 0 Å². The van der Waals surface area contributed by atoms with Crippen LogP contribution in [-0.4, -0.2) is 21.4 Å². The molecule has 1 aliphatic rings. The second kappa shape index (κ2) is 6.37. The highest BCUT2D eigenvalue weighted by atomic mass is 35.5. The number of carbonyl (C=O) groups excluding carboxylic acids is 1. The zero-order valence-electron chi connectivity index (χ0n) is 10.9. The van der Waals surface area contributed by atoms with Gasteiger partial charge in [-0.2, -0.15) is 5.10 Å². The molecule has 3 nitrogen and oxygen atoms in total. The predicted molar refractivity (Wildman–Crippen MR) is 72.9 cm³/mol. The summed E-state index contributed by atoms with van der Waals surface area (Å²) in [6.07, 6.45) is 8.61. The van der Waals surface area contributed by atoms with Crippen molar-refractivity contribution in [2.45, 2.75) is 51.5 Å². The van der Waals surface area contributed by atoms with Crippen LogP contribution < -0.4 is 0 Å². The first-order valence-corrected chi connectivity index (χ1v) is 7.34. The number of ketones is 1. The summed E-state index contributed by atoms with van der Waals surface area (Å²) in [5.41, 5.74) is 1.02. The molecule has 0 N–H and O–H groups in total. The molecule has 0 amide bonds. The lowest BCUT2D eigenvalue weighted by Gasteiger charge is -2.11. The highest BCUT2D eigenvalue weighted by molar-refractivity contribution is 6.18. The van der Waals surface area contributed by atoms with E-state index in [0.717, 1.165) is 18.5 Å². The Hall–Kier alpha value is -0.830. The largest absolute Gasteiger partial charge is 0.300 e. The van der Waals surface area contributed by atoms with Gasteiger partial charge in [0.1, 0.15) is 5.78 Å². The summed E-state index contributed by atoms with van der Waals surface area (Å²) in [7, 11) is 0. The van der Waals surface area contributed by atoms with Gasteiger partial charge in [0.2, 0.25) is 0 Å². The molecule has 1 aliphatic carbocycles. The summed E-state index contributed by atoms with van der Waals surface area (Å²) in [5, 5.41) is 4.62. The van der Waals surface area contributed by atoms with Crippen molar-refractivity contribution >= 4 is 17.4 Å². The Morgan fingerprint density at radius 2 is 2.28 bits per heavy atom. The molecule has 1 unspecified atom stereocenters. The van der Waals surface area contributed by atoms with Gasteiger partial charge in [0.25, 0.3) is 0 Å². The highest BCUT2D eigenvalue weighted by Gasteiger charge is 2.19. The van der Waals surface area contributed by atoms with Gasteiger partial charge in [0.15, 0.2) is 0 Å². The molecular formula is C14H21ClN2O. The van der Waals surface area contributed by atoms with Crippen LogP contribution >= 0.6 is 11.6 Å². The minimum atomic E-state index is 0.0226. The van der Waals surface area contributed by atoms with Crippen molar-refractivity contribution in [3.63, 3.8) is 0 Å². The Kier molecular flexibility index (Phi) is 4.81. The minimum Gasteiger partial charge on any atom is -0.300 e. The number of alkyl halides is 1. The van der Waals surface area contributed by atoms with Crippen molar-refractivity contribution in [1.82, 2.24) is 9.78 Å².